The van der Waals surface area contributed by atoms with Gasteiger partial charge in [0.05, 0.1) is 0 Å². The van der Waals surface area contributed by atoms with Crippen LogP contribution in [-0.2, 0) is 0 Å². The molecule has 0 amide bonds. The van der Waals surface area contributed by atoms with Crippen LogP contribution in [0.2, 0.25) is 0 Å². The molecule has 0 radical (unpaired) electrons. The van der Waals surface area contributed by atoms with Crippen LogP contribution in [0.15, 0.2) is 6.07 Å². The van der Waals surface area contributed by atoms with Gasteiger partial charge in [-0.2, -0.15) is 0 Å². The average molecular weight is 178 g/mol. The highest BCUT2D eigenvalue weighted by atomic mass is 15.1. The zero-order valence-corrected chi connectivity index (χ0v) is 7.96. The van der Waals surface area contributed by atoms with E-state index in [-0.39, 0.29) is 0 Å². The molecular formula is C9H14N4. The fraction of sp³-hybridized carbons (Fsp3) is 0.556. The Morgan fingerprint density at radius 3 is 2.08 bits per heavy atom. The molecule has 0 saturated heterocycles. The minimum absolute atomic E-state index is 0.598. The smallest absolute Gasteiger partial charge is 0.136 e. The van der Waals surface area contributed by atoms with Gasteiger partial charge in [-0.1, -0.05) is 0 Å². The zero-order valence-electron chi connectivity index (χ0n) is 7.96. The number of aromatic nitrogens is 2. The molecule has 1 aromatic heterocycles. The van der Waals surface area contributed by atoms with Crippen molar-refractivity contribution in [3.05, 3.63) is 11.9 Å². The topological polar surface area (TPSA) is 49.8 Å². The summed E-state index contributed by atoms with van der Waals surface area (Å²) >= 11 is 0. The summed E-state index contributed by atoms with van der Waals surface area (Å²) in [7, 11) is 3.75. The molecule has 70 valence electrons. The first-order valence-corrected chi connectivity index (χ1v) is 4.58. The lowest BCUT2D eigenvalue weighted by Gasteiger charge is -2.05. The second kappa shape index (κ2) is 3.20. The summed E-state index contributed by atoms with van der Waals surface area (Å²) in [5.41, 5.74) is 0. The van der Waals surface area contributed by atoms with Gasteiger partial charge < -0.3 is 10.6 Å². The third-order valence-electron chi connectivity index (χ3n) is 2.20. The van der Waals surface area contributed by atoms with E-state index >= 15 is 0 Å². The maximum atomic E-state index is 4.40. The number of rotatable bonds is 3. The van der Waals surface area contributed by atoms with Crippen molar-refractivity contribution in [2.45, 2.75) is 18.8 Å². The van der Waals surface area contributed by atoms with Gasteiger partial charge >= 0.3 is 0 Å². The van der Waals surface area contributed by atoms with Crippen molar-refractivity contribution in [3.8, 4) is 0 Å². The molecule has 1 aliphatic carbocycles. The lowest BCUT2D eigenvalue weighted by Crippen LogP contribution is -2.02. The van der Waals surface area contributed by atoms with E-state index in [9.17, 15) is 0 Å². The molecule has 0 aliphatic heterocycles. The Morgan fingerprint density at radius 1 is 1.15 bits per heavy atom. The Hall–Kier alpha value is -1.32. The molecule has 1 saturated carbocycles. The van der Waals surface area contributed by atoms with Gasteiger partial charge in [0.25, 0.3) is 0 Å². The predicted molar refractivity (Wildman–Crippen MR) is 53.1 cm³/mol. The van der Waals surface area contributed by atoms with Crippen molar-refractivity contribution in [2.75, 3.05) is 24.7 Å². The molecule has 4 nitrogen and oxygen atoms in total. The number of anilines is 2. The van der Waals surface area contributed by atoms with E-state index in [1.54, 1.807) is 0 Å². The molecule has 1 fully saturated rings. The van der Waals surface area contributed by atoms with Crippen LogP contribution in [-0.4, -0.2) is 24.1 Å². The highest BCUT2D eigenvalue weighted by Gasteiger charge is 2.27. The highest BCUT2D eigenvalue weighted by molar-refractivity contribution is 5.47. The quantitative estimate of drug-likeness (QED) is 0.735. The van der Waals surface area contributed by atoms with Crippen LogP contribution in [0.3, 0.4) is 0 Å². The molecule has 0 spiro atoms. The van der Waals surface area contributed by atoms with E-state index in [4.69, 9.17) is 0 Å². The lowest BCUT2D eigenvalue weighted by atomic mass is 10.4. The average Bonchev–Trinajstić information content (AvgIpc) is 3.00. The van der Waals surface area contributed by atoms with Crippen LogP contribution < -0.4 is 10.6 Å². The Labute approximate surface area is 77.8 Å². The molecule has 0 unspecified atom stereocenters. The summed E-state index contributed by atoms with van der Waals surface area (Å²) in [6, 6.07) is 1.91. The number of hydrogen-bond donors (Lipinski definition) is 2. The van der Waals surface area contributed by atoms with Gasteiger partial charge in [-0.05, 0) is 12.8 Å². The van der Waals surface area contributed by atoms with Gasteiger partial charge in [0.1, 0.15) is 17.5 Å². The summed E-state index contributed by atoms with van der Waals surface area (Å²) in [5, 5.41) is 6.07. The minimum atomic E-state index is 0.598. The van der Waals surface area contributed by atoms with Crippen LogP contribution in [0.25, 0.3) is 0 Å². The molecule has 1 aromatic rings. The van der Waals surface area contributed by atoms with Crippen molar-refractivity contribution in [1.82, 2.24) is 9.97 Å². The summed E-state index contributed by atoms with van der Waals surface area (Å²) in [6.07, 6.45) is 2.46. The lowest BCUT2D eigenvalue weighted by molar-refractivity contribution is 0.930. The van der Waals surface area contributed by atoms with Crippen molar-refractivity contribution in [1.29, 1.82) is 0 Å². The van der Waals surface area contributed by atoms with Crippen molar-refractivity contribution < 1.29 is 0 Å². The largest absolute Gasteiger partial charge is 0.373 e. The first-order valence-electron chi connectivity index (χ1n) is 4.58. The fourth-order valence-corrected chi connectivity index (χ4v) is 1.25. The first-order chi connectivity index (χ1) is 6.33. The monoisotopic (exact) mass is 178 g/mol. The Balaban J connectivity index is 2.33. The van der Waals surface area contributed by atoms with Crippen LogP contribution >= 0.6 is 0 Å². The standard InChI is InChI=1S/C9H14N4/c1-10-7-5-8(11-2)13-9(12-7)6-3-4-6/h5-6H,3-4H2,1-2H3,(H2,10,11,12,13). The number of hydrogen-bond acceptors (Lipinski definition) is 4. The van der Waals surface area contributed by atoms with E-state index in [0.29, 0.717) is 5.92 Å². The van der Waals surface area contributed by atoms with Gasteiger partial charge in [-0.25, -0.2) is 9.97 Å². The van der Waals surface area contributed by atoms with E-state index < -0.39 is 0 Å². The van der Waals surface area contributed by atoms with Crippen LogP contribution in [0.1, 0.15) is 24.6 Å². The van der Waals surface area contributed by atoms with Gasteiger partial charge in [0, 0.05) is 26.1 Å². The molecule has 1 heterocycles. The van der Waals surface area contributed by atoms with E-state index in [2.05, 4.69) is 20.6 Å². The third-order valence-corrected chi connectivity index (χ3v) is 2.20. The maximum absolute atomic E-state index is 4.40. The molecule has 13 heavy (non-hydrogen) atoms. The van der Waals surface area contributed by atoms with E-state index in [1.807, 2.05) is 20.2 Å². The van der Waals surface area contributed by atoms with Gasteiger partial charge in [0.2, 0.25) is 0 Å². The van der Waals surface area contributed by atoms with Crippen molar-refractivity contribution in [3.63, 3.8) is 0 Å². The van der Waals surface area contributed by atoms with Crippen molar-refractivity contribution >= 4 is 11.6 Å². The van der Waals surface area contributed by atoms with Crippen LogP contribution in [0.4, 0.5) is 11.6 Å². The SMILES string of the molecule is CNc1cc(NC)nc(C2CC2)n1. The molecule has 2 rings (SSSR count). The van der Waals surface area contributed by atoms with Crippen LogP contribution in [0.5, 0.6) is 0 Å². The second-order valence-electron chi connectivity index (χ2n) is 3.27. The molecule has 2 N–H and O–H groups in total. The molecule has 0 atom stereocenters. The molecule has 0 aromatic carbocycles. The second-order valence-corrected chi connectivity index (χ2v) is 3.27. The summed E-state index contributed by atoms with van der Waals surface area (Å²) in [4.78, 5) is 8.80. The Bertz CT molecular complexity index is 284. The zero-order chi connectivity index (χ0) is 9.26. The van der Waals surface area contributed by atoms with Crippen molar-refractivity contribution in [2.24, 2.45) is 0 Å². The molecule has 1 aliphatic rings. The first kappa shape index (κ1) is 8.29. The van der Waals surface area contributed by atoms with E-state index in [0.717, 1.165) is 17.5 Å². The number of nitrogens with zero attached hydrogens (tertiary/aromatic N) is 2. The minimum Gasteiger partial charge on any atom is -0.373 e. The highest BCUT2D eigenvalue weighted by Crippen LogP contribution is 2.38. The summed E-state index contributed by atoms with van der Waals surface area (Å²) in [5.74, 6) is 3.35. The number of nitrogens with one attached hydrogen (secondary N) is 2. The Morgan fingerprint density at radius 2 is 1.69 bits per heavy atom. The van der Waals surface area contributed by atoms with Gasteiger partial charge in [-0.3, -0.25) is 0 Å². The molecule has 0 bridgehead atoms. The third kappa shape index (κ3) is 1.71. The fourth-order valence-electron chi connectivity index (χ4n) is 1.25. The normalized spacial score (nSPS) is 15.5. The van der Waals surface area contributed by atoms with Gasteiger partial charge in [0.15, 0.2) is 0 Å². The van der Waals surface area contributed by atoms with Gasteiger partial charge in [-0.15, -0.1) is 0 Å². The predicted octanol–water partition coefficient (Wildman–Crippen LogP) is 1.44. The van der Waals surface area contributed by atoms with E-state index in [1.165, 1.54) is 12.8 Å². The van der Waals surface area contributed by atoms with Crippen LogP contribution in [0, 0.1) is 0 Å². The summed E-state index contributed by atoms with van der Waals surface area (Å²) < 4.78 is 0. The molecular weight excluding hydrogens is 164 g/mol. The summed E-state index contributed by atoms with van der Waals surface area (Å²) in [6.45, 7) is 0. The Kier molecular flexibility index (Phi) is 2.04. The maximum Gasteiger partial charge on any atom is 0.136 e. The molecule has 4 heteroatoms.